The molecule has 0 aromatic carbocycles. The van der Waals surface area contributed by atoms with Crippen molar-refractivity contribution in [2.45, 2.75) is 45.1 Å². The molecule has 1 aliphatic heterocycles. The minimum Gasteiger partial charge on any atom is -0.383 e. The number of sulfone groups is 1. The monoisotopic (exact) mass is 314 g/mol. The number of aromatic nitrogens is 2. The SMILES string of the molecule is CC(C)Cn1nc(N2CCC(C)CC2)c(S(C)(=O)=O)c1N. The number of hydrogen-bond acceptors (Lipinski definition) is 5. The summed E-state index contributed by atoms with van der Waals surface area (Å²) < 4.78 is 25.9. The van der Waals surface area contributed by atoms with Crippen LogP contribution in [0.2, 0.25) is 0 Å². The van der Waals surface area contributed by atoms with Crippen LogP contribution < -0.4 is 10.6 Å². The van der Waals surface area contributed by atoms with Gasteiger partial charge in [-0.15, -0.1) is 0 Å². The van der Waals surface area contributed by atoms with Gasteiger partial charge in [0.1, 0.15) is 5.82 Å². The summed E-state index contributed by atoms with van der Waals surface area (Å²) in [7, 11) is -3.39. The summed E-state index contributed by atoms with van der Waals surface area (Å²) in [6, 6.07) is 0. The summed E-state index contributed by atoms with van der Waals surface area (Å²) in [5.41, 5.74) is 6.07. The van der Waals surface area contributed by atoms with Gasteiger partial charge in [-0.1, -0.05) is 20.8 Å². The smallest absolute Gasteiger partial charge is 0.182 e. The zero-order valence-electron chi connectivity index (χ0n) is 13.3. The van der Waals surface area contributed by atoms with E-state index >= 15 is 0 Å². The Morgan fingerprint density at radius 2 is 1.90 bits per heavy atom. The highest BCUT2D eigenvalue weighted by molar-refractivity contribution is 7.91. The lowest BCUT2D eigenvalue weighted by Gasteiger charge is -2.30. The summed E-state index contributed by atoms with van der Waals surface area (Å²) in [6.45, 7) is 8.63. The second kappa shape index (κ2) is 5.87. The average molecular weight is 314 g/mol. The van der Waals surface area contributed by atoms with Crippen molar-refractivity contribution >= 4 is 21.5 Å². The van der Waals surface area contributed by atoms with Gasteiger partial charge in [0.05, 0.1) is 0 Å². The molecule has 120 valence electrons. The third-order valence-electron chi connectivity index (χ3n) is 3.92. The Bertz CT molecular complexity index is 599. The normalized spacial score (nSPS) is 17.7. The maximum atomic E-state index is 12.1. The molecule has 21 heavy (non-hydrogen) atoms. The minimum absolute atomic E-state index is 0.192. The van der Waals surface area contributed by atoms with Crippen LogP contribution in [0.1, 0.15) is 33.6 Å². The van der Waals surface area contributed by atoms with E-state index in [1.807, 2.05) is 0 Å². The van der Waals surface area contributed by atoms with Crippen molar-refractivity contribution in [1.29, 1.82) is 0 Å². The standard InChI is InChI=1S/C14H26N4O2S/c1-10(2)9-18-13(15)12(21(4,19)20)14(16-18)17-7-5-11(3)6-8-17/h10-11H,5-9,15H2,1-4H3. The molecule has 0 unspecified atom stereocenters. The van der Waals surface area contributed by atoms with E-state index < -0.39 is 9.84 Å². The molecule has 0 amide bonds. The summed E-state index contributed by atoms with van der Waals surface area (Å²) in [4.78, 5) is 2.25. The molecule has 0 radical (unpaired) electrons. The van der Waals surface area contributed by atoms with Crippen molar-refractivity contribution in [2.24, 2.45) is 11.8 Å². The molecule has 2 rings (SSSR count). The minimum atomic E-state index is -3.39. The van der Waals surface area contributed by atoms with Gasteiger partial charge in [-0.25, -0.2) is 13.1 Å². The van der Waals surface area contributed by atoms with Crippen LogP contribution in [-0.2, 0) is 16.4 Å². The lowest BCUT2D eigenvalue weighted by Crippen LogP contribution is -2.34. The number of piperidine rings is 1. The lowest BCUT2D eigenvalue weighted by molar-refractivity contribution is 0.432. The van der Waals surface area contributed by atoms with Gasteiger partial charge in [-0.05, 0) is 24.7 Å². The number of hydrogen-bond donors (Lipinski definition) is 1. The Hall–Kier alpha value is -1.24. The molecule has 1 saturated heterocycles. The predicted molar refractivity (Wildman–Crippen MR) is 85.2 cm³/mol. The van der Waals surface area contributed by atoms with E-state index in [4.69, 9.17) is 5.73 Å². The van der Waals surface area contributed by atoms with Gasteiger partial charge in [-0.2, -0.15) is 5.10 Å². The Morgan fingerprint density at radius 1 is 1.33 bits per heavy atom. The first kappa shape index (κ1) is 16.1. The number of nitrogens with zero attached hydrogens (tertiary/aromatic N) is 3. The zero-order valence-corrected chi connectivity index (χ0v) is 14.2. The molecule has 2 N–H and O–H groups in total. The van der Waals surface area contributed by atoms with Crippen LogP contribution in [0, 0.1) is 11.8 Å². The summed E-state index contributed by atoms with van der Waals surface area (Å²) in [5, 5.41) is 4.50. The largest absolute Gasteiger partial charge is 0.383 e. The Morgan fingerprint density at radius 3 is 2.38 bits per heavy atom. The highest BCUT2D eigenvalue weighted by Crippen LogP contribution is 2.32. The molecule has 1 aliphatic rings. The Kier molecular flexibility index (Phi) is 4.51. The van der Waals surface area contributed by atoms with Gasteiger partial charge in [0.25, 0.3) is 0 Å². The third kappa shape index (κ3) is 3.51. The molecule has 0 bridgehead atoms. The maximum Gasteiger partial charge on any atom is 0.182 e. The van der Waals surface area contributed by atoms with Crippen LogP contribution in [-0.4, -0.2) is 37.5 Å². The molecule has 0 aliphatic carbocycles. The van der Waals surface area contributed by atoms with Crippen molar-refractivity contribution in [2.75, 3.05) is 30.0 Å². The van der Waals surface area contributed by atoms with Gasteiger partial charge < -0.3 is 10.6 Å². The molecule has 0 spiro atoms. The molecule has 7 heteroatoms. The van der Waals surface area contributed by atoms with Gasteiger partial charge >= 0.3 is 0 Å². The lowest BCUT2D eigenvalue weighted by atomic mass is 9.99. The summed E-state index contributed by atoms with van der Waals surface area (Å²) in [5.74, 6) is 1.83. The quantitative estimate of drug-likeness (QED) is 0.916. The van der Waals surface area contributed by atoms with Crippen LogP contribution >= 0.6 is 0 Å². The fourth-order valence-electron chi connectivity index (χ4n) is 2.71. The highest BCUT2D eigenvalue weighted by atomic mass is 32.2. The second-order valence-corrected chi connectivity index (χ2v) is 8.51. The van der Waals surface area contributed by atoms with E-state index in [1.54, 1.807) is 4.68 Å². The topological polar surface area (TPSA) is 81.2 Å². The molecule has 1 aromatic heterocycles. The zero-order chi connectivity index (χ0) is 15.8. The Labute approximate surface area is 127 Å². The van der Waals surface area contributed by atoms with Crippen molar-refractivity contribution in [3.05, 3.63) is 0 Å². The molecular weight excluding hydrogens is 288 g/mol. The number of nitrogen functional groups attached to an aromatic ring is 1. The molecule has 0 atom stereocenters. The fourth-order valence-corrected chi connectivity index (χ4v) is 3.70. The number of rotatable bonds is 4. The number of anilines is 2. The molecular formula is C14H26N4O2S. The molecule has 1 aromatic rings. The average Bonchev–Trinajstić information content (AvgIpc) is 2.66. The first-order chi connectivity index (χ1) is 9.70. The molecule has 2 heterocycles. The summed E-state index contributed by atoms with van der Waals surface area (Å²) in [6.07, 6.45) is 3.32. The van der Waals surface area contributed by atoms with Crippen LogP contribution in [0.3, 0.4) is 0 Å². The van der Waals surface area contributed by atoms with E-state index in [-0.39, 0.29) is 10.7 Å². The second-order valence-electron chi connectivity index (χ2n) is 6.56. The van der Waals surface area contributed by atoms with Gasteiger partial charge in [-0.3, -0.25) is 0 Å². The predicted octanol–water partition coefficient (Wildman–Crippen LogP) is 1.76. The van der Waals surface area contributed by atoms with Crippen LogP contribution in [0.25, 0.3) is 0 Å². The molecule has 6 nitrogen and oxygen atoms in total. The van der Waals surface area contributed by atoms with E-state index in [1.165, 1.54) is 6.26 Å². The maximum absolute atomic E-state index is 12.1. The van der Waals surface area contributed by atoms with Gasteiger partial charge in [0.15, 0.2) is 20.6 Å². The van der Waals surface area contributed by atoms with Crippen molar-refractivity contribution < 1.29 is 8.42 Å². The first-order valence-electron chi connectivity index (χ1n) is 7.51. The van der Waals surface area contributed by atoms with Crippen molar-refractivity contribution in [3.8, 4) is 0 Å². The van der Waals surface area contributed by atoms with Crippen molar-refractivity contribution in [1.82, 2.24) is 9.78 Å². The van der Waals surface area contributed by atoms with Crippen LogP contribution in [0.4, 0.5) is 11.6 Å². The van der Waals surface area contributed by atoms with Crippen LogP contribution in [0.5, 0.6) is 0 Å². The Balaban J connectivity index is 2.44. The molecule has 1 fully saturated rings. The van der Waals surface area contributed by atoms with E-state index in [2.05, 4.69) is 30.8 Å². The van der Waals surface area contributed by atoms with E-state index in [9.17, 15) is 8.42 Å². The summed E-state index contributed by atoms with van der Waals surface area (Å²) >= 11 is 0. The van der Waals surface area contributed by atoms with E-state index in [0.717, 1.165) is 25.9 Å². The van der Waals surface area contributed by atoms with Crippen molar-refractivity contribution in [3.63, 3.8) is 0 Å². The third-order valence-corrected chi connectivity index (χ3v) is 5.05. The fraction of sp³-hybridized carbons (Fsp3) is 0.786. The number of nitrogens with two attached hydrogens (primary N) is 1. The van der Waals surface area contributed by atoms with E-state index in [0.29, 0.717) is 24.2 Å². The van der Waals surface area contributed by atoms with Crippen LogP contribution in [0.15, 0.2) is 4.90 Å². The van der Waals surface area contributed by atoms with Gasteiger partial charge in [0.2, 0.25) is 0 Å². The highest BCUT2D eigenvalue weighted by Gasteiger charge is 2.29. The first-order valence-corrected chi connectivity index (χ1v) is 9.40. The molecule has 0 saturated carbocycles. The van der Waals surface area contributed by atoms with Gasteiger partial charge in [0, 0.05) is 25.9 Å².